The highest BCUT2D eigenvalue weighted by Gasteiger charge is 2.53. The van der Waals surface area contributed by atoms with Crippen molar-refractivity contribution < 1.29 is 10.2 Å². The van der Waals surface area contributed by atoms with Gasteiger partial charge in [0.2, 0.25) is 0 Å². The fourth-order valence-corrected chi connectivity index (χ4v) is 1.62. The fraction of sp³-hybridized carbons (Fsp3) is 1.00. The van der Waals surface area contributed by atoms with Crippen LogP contribution in [0, 0.1) is 11.3 Å². The second kappa shape index (κ2) is 1.95. The van der Waals surface area contributed by atoms with Crippen molar-refractivity contribution in [3.8, 4) is 0 Å². The first kappa shape index (κ1) is 6.62. The lowest BCUT2D eigenvalue weighted by molar-refractivity contribution is 0.0351. The zero-order chi connectivity index (χ0) is 7.19. The number of rotatable bonds is 3. The average molecular weight is 142 g/mol. The summed E-state index contributed by atoms with van der Waals surface area (Å²) in [4.78, 5) is 0. The molecule has 2 saturated carbocycles. The van der Waals surface area contributed by atoms with Crippen molar-refractivity contribution in [2.24, 2.45) is 11.3 Å². The van der Waals surface area contributed by atoms with E-state index in [1.165, 1.54) is 12.8 Å². The van der Waals surface area contributed by atoms with E-state index in [2.05, 4.69) is 0 Å². The van der Waals surface area contributed by atoms with Crippen molar-refractivity contribution in [1.29, 1.82) is 0 Å². The van der Waals surface area contributed by atoms with Crippen LogP contribution in [0.15, 0.2) is 0 Å². The van der Waals surface area contributed by atoms with E-state index in [1.54, 1.807) is 0 Å². The van der Waals surface area contributed by atoms with Gasteiger partial charge in [-0.1, -0.05) is 0 Å². The smallest absolute Gasteiger partial charge is 0.0646 e. The maximum atomic E-state index is 9.62. The third kappa shape index (κ3) is 0.867. The normalized spacial score (nSPS) is 31.8. The third-order valence-electron chi connectivity index (χ3n) is 2.90. The summed E-state index contributed by atoms with van der Waals surface area (Å²) in [5, 5.41) is 18.6. The summed E-state index contributed by atoms with van der Waals surface area (Å²) >= 11 is 0. The van der Waals surface area contributed by atoms with Gasteiger partial charge < -0.3 is 10.2 Å². The fourth-order valence-electron chi connectivity index (χ4n) is 1.62. The lowest BCUT2D eigenvalue weighted by Crippen LogP contribution is -2.27. The Morgan fingerprint density at radius 1 is 1.40 bits per heavy atom. The highest BCUT2D eigenvalue weighted by atomic mass is 16.3. The SMILES string of the molecule is OCC1([C@@H](O)C2CC2)CC1. The van der Waals surface area contributed by atoms with Crippen molar-refractivity contribution in [3.63, 3.8) is 0 Å². The van der Waals surface area contributed by atoms with Crippen molar-refractivity contribution in [1.82, 2.24) is 0 Å². The molecular formula is C8H14O2. The summed E-state index contributed by atoms with van der Waals surface area (Å²) in [5.74, 6) is 0.523. The second-order valence-electron chi connectivity index (χ2n) is 3.80. The molecular weight excluding hydrogens is 128 g/mol. The van der Waals surface area contributed by atoms with Crippen molar-refractivity contribution in [2.75, 3.05) is 6.61 Å². The Morgan fingerprint density at radius 2 is 2.00 bits per heavy atom. The zero-order valence-corrected chi connectivity index (χ0v) is 6.08. The zero-order valence-electron chi connectivity index (χ0n) is 6.08. The van der Waals surface area contributed by atoms with Crippen LogP contribution in [0.25, 0.3) is 0 Å². The highest BCUT2D eigenvalue weighted by Crippen LogP contribution is 2.54. The van der Waals surface area contributed by atoms with Gasteiger partial charge in [-0.05, 0) is 31.6 Å². The van der Waals surface area contributed by atoms with Crippen LogP contribution in [0.5, 0.6) is 0 Å². The molecule has 2 N–H and O–H groups in total. The molecule has 2 fully saturated rings. The maximum absolute atomic E-state index is 9.62. The summed E-state index contributed by atoms with van der Waals surface area (Å²) in [6.07, 6.45) is 4.20. The molecule has 58 valence electrons. The minimum absolute atomic E-state index is 0.0544. The molecule has 10 heavy (non-hydrogen) atoms. The molecule has 2 heteroatoms. The second-order valence-corrected chi connectivity index (χ2v) is 3.80. The van der Waals surface area contributed by atoms with Gasteiger partial charge in [-0.3, -0.25) is 0 Å². The molecule has 2 aliphatic rings. The average Bonchev–Trinajstić information content (AvgIpc) is 2.84. The van der Waals surface area contributed by atoms with Gasteiger partial charge in [0.1, 0.15) is 0 Å². The van der Waals surface area contributed by atoms with Crippen LogP contribution in [0.3, 0.4) is 0 Å². The first-order chi connectivity index (χ1) is 4.78. The van der Waals surface area contributed by atoms with Gasteiger partial charge in [0.05, 0.1) is 12.7 Å². The molecule has 0 heterocycles. The molecule has 0 amide bonds. The van der Waals surface area contributed by atoms with Crippen molar-refractivity contribution in [3.05, 3.63) is 0 Å². The van der Waals surface area contributed by atoms with Crippen LogP contribution in [0.1, 0.15) is 25.7 Å². The molecule has 0 radical (unpaired) electrons. The lowest BCUT2D eigenvalue weighted by atomic mass is 9.96. The number of aliphatic hydroxyl groups excluding tert-OH is 2. The number of hydrogen-bond acceptors (Lipinski definition) is 2. The Hall–Kier alpha value is -0.0800. The summed E-state index contributed by atoms with van der Waals surface area (Å²) in [6.45, 7) is 0.185. The highest BCUT2D eigenvalue weighted by molar-refractivity contribution is 5.03. The van der Waals surface area contributed by atoms with E-state index in [0.717, 1.165) is 12.8 Å². The Labute approximate surface area is 60.9 Å². The van der Waals surface area contributed by atoms with E-state index < -0.39 is 0 Å². The van der Waals surface area contributed by atoms with E-state index in [9.17, 15) is 5.11 Å². The predicted octanol–water partition coefficient (Wildman–Crippen LogP) is 0.530. The molecule has 0 aromatic carbocycles. The Kier molecular flexibility index (Phi) is 1.29. The van der Waals surface area contributed by atoms with E-state index >= 15 is 0 Å². The molecule has 0 aromatic heterocycles. The van der Waals surface area contributed by atoms with Crippen LogP contribution in [0.2, 0.25) is 0 Å². The maximum Gasteiger partial charge on any atom is 0.0646 e. The summed E-state index contributed by atoms with van der Waals surface area (Å²) in [5.41, 5.74) is -0.0544. The molecule has 0 aromatic rings. The Bertz CT molecular complexity index is 136. The molecule has 1 atom stereocenters. The molecule has 0 saturated heterocycles. The van der Waals surface area contributed by atoms with Crippen LogP contribution >= 0.6 is 0 Å². The van der Waals surface area contributed by atoms with E-state index in [0.29, 0.717) is 5.92 Å². The predicted molar refractivity (Wildman–Crippen MR) is 37.5 cm³/mol. The van der Waals surface area contributed by atoms with Crippen molar-refractivity contribution >= 4 is 0 Å². The van der Waals surface area contributed by atoms with Crippen molar-refractivity contribution in [2.45, 2.75) is 31.8 Å². The number of aliphatic hydroxyl groups is 2. The molecule has 0 aliphatic heterocycles. The van der Waals surface area contributed by atoms with E-state index in [1.807, 2.05) is 0 Å². The quantitative estimate of drug-likeness (QED) is 0.603. The molecule has 0 spiro atoms. The van der Waals surface area contributed by atoms with Crippen LogP contribution in [-0.4, -0.2) is 22.9 Å². The minimum Gasteiger partial charge on any atom is -0.396 e. The molecule has 2 rings (SSSR count). The summed E-state index contributed by atoms with van der Waals surface area (Å²) in [7, 11) is 0. The molecule has 0 bridgehead atoms. The van der Waals surface area contributed by atoms with Crippen LogP contribution in [0.4, 0.5) is 0 Å². The lowest BCUT2D eigenvalue weighted by Gasteiger charge is -2.18. The summed E-state index contributed by atoms with van der Waals surface area (Å²) in [6, 6.07) is 0. The number of hydrogen-bond donors (Lipinski definition) is 2. The monoisotopic (exact) mass is 142 g/mol. The first-order valence-electron chi connectivity index (χ1n) is 4.07. The van der Waals surface area contributed by atoms with E-state index in [4.69, 9.17) is 5.11 Å². The standard InChI is InChI=1S/C8H14O2/c9-5-8(3-4-8)7(10)6-1-2-6/h6-7,9-10H,1-5H2/t7-/m0/s1. The van der Waals surface area contributed by atoms with Gasteiger partial charge in [0.25, 0.3) is 0 Å². The van der Waals surface area contributed by atoms with Crippen LogP contribution < -0.4 is 0 Å². The first-order valence-corrected chi connectivity index (χ1v) is 4.07. The minimum atomic E-state index is -0.197. The van der Waals surface area contributed by atoms with Crippen LogP contribution in [-0.2, 0) is 0 Å². The molecule has 0 unspecified atom stereocenters. The summed E-state index contributed by atoms with van der Waals surface area (Å²) < 4.78 is 0. The van der Waals surface area contributed by atoms with Gasteiger partial charge >= 0.3 is 0 Å². The Morgan fingerprint density at radius 3 is 2.30 bits per heavy atom. The topological polar surface area (TPSA) is 40.5 Å². The van der Waals surface area contributed by atoms with E-state index in [-0.39, 0.29) is 18.1 Å². The largest absolute Gasteiger partial charge is 0.396 e. The Balaban J connectivity index is 1.95. The van der Waals surface area contributed by atoms with Gasteiger partial charge in [-0.25, -0.2) is 0 Å². The molecule has 2 nitrogen and oxygen atoms in total. The van der Waals surface area contributed by atoms with Gasteiger partial charge in [-0.2, -0.15) is 0 Å². The van der Waals surface area contributed by atoms with Gasteiger partial charge in [-0.15, -0.1) is 0 Å². The van der Waals surface area contributed by atoms with Gasteiger partial charge in [0, 0.05) is 5.41 Å². The molecule has 2 aliphatic carbocycles. The third-order valence-corrected chi connectivity index (χ3v) is 2.90. The van der Waals surface area contributed by atoms with Gasteiger partial charge in [0.15, 0.2) is 0 Å².